The van der Waals surface area contributed by atoms with Gasteiger partial charge in [0, 0.05) is 53.1 Å². The highest BCUT2D eigenvalue weighted by atomic mass is 35.5. The third kappa shape index (κ3) is 5.79. The number of amides is 1. The van der Waals surface area contributed by atoms with Gasteiger partial charge in [-0.15, -0.1) is 0 Å². The molecule has 49 heavy (non-hydrogen) atoms. The third-order valence-corrected chi connectivity index (χ3v) is 10.9. The summed E-state index contributed by atoms with van der Waals surface area (Å²) in [6.45, 7) is 6.07. The zero-order valence-electron chi connectivity index (χ0n) is 27.0. The van der Waals surface area contributed by atoms with Gasteiger partial charge in [-0.1, -0.05) is 48.5 Å². The lowest BCUT2D eigenvalue weighted by Crippen LogP contribution is -2.56. The number of nitriles is 2. The number of carbonyl (C=O) groups is 1. The average Bonchev–Trinajstić information content (AvgIpc) is 3.68. The van der Waals surface area contributed by atoms with E-state index in [1.54, 1.807) is 18.3 Å². The number of ether oxygens (including phenoxy) is 1. The molecular formula is C37H36ClF2N7O2. The first-order valence-corrected chi connectivity index (χ1v) is 17.1. The second-order valence-corrected chi connectivity index (χ2v) is 13.7. The van der Waals surface area contributed by atoms with Crippen molar-refractivity contribution in [1.82, 2.24) is 14.7 Å². The summed E-state index contributed by atoms with van der Waals surface area (Å²) in [5, 5.41) is 21.7. The molecule has 0 aliphatic carbocycles. The van der Waals surface area contributed by atoms with E-state index in [1.807, 2.05) is 29.2 Å². The number of hydrogen-bond acceptors (Lipinski definition) is 8. The van der Waals surface area contributed by atoms with E-state index in [0.29, 0.717) is 33.8 Å². The number of nitrogens with zero attached hydrogens (tertiary/aromatic N) is 7. The summed E-state index contributed by atoms with van der Waals surface area (Å²) in [4.78, 5) is 28.0. The van der Waals surface area contributed by atoms with Crippen molar-refractivity contribution in [2.24, 2.45) is 15.9 Å². The summed E-state index contributed by atoms with van der Waals surface area (Å²) in [6, 6.07) is 13.7. The fraction of sp³-hybridized carbons (Fsp3) is 0.432. The van der Waals surface area contributed by atoms with Gasteiger partial charge in [-0.2, -0.15) is 10.5 Å². The van der Waals surface area contributed by atoms with E-state index in [-0.39, 0.29) is 49.6 Å². The number of dihydropyridines is 1. The minimum Gasteiger partial charge on any atom is -0.476 e. The van der Waals surface area contributed by atoms with E-state index < -0.39 is 35.6 Å². The summed E-state index contributed by atoms with van der Waals surface area (Å²) in [5.74, 6) is -2.98. The van der Waals surface area contributed by atoms with Crippen LogP contribution in [0.5, 0.6) is 0 Å². The molecule has 1 amide bonds. The molecule has 2 unspecified atom stereocenters. The Labute approximate surface area is 289 Å². The van der Waals surface area contributed by atoms with Crippen LogP contribution in [0.4, 0.5) is 8.78 Å². The van der Waals surface area contributed by atoms with Gasteiger partial charge in [-0.05, 0) is 50.2 Å². The van der Waals surface area contributed by atoms with E-state index >= 15 is 4.39 Å². The standard InChI is InChI=1S/C37H36ClF2N7O2/c1-23(39)36(48)47-19-18-45(21-25(47)10-14-41)34-27(11-15-42)35(49-22-37-12-4-16-46(37)17-5-13-37)44-33-28(34)20-43-32(31(33)40)26-8-2-6-24-7-3-9-29(38)30(24)26/h2-3,6-9,20,25,28,33H,1,4-5,10-13,16-19,21-22H2/t25-,28?,33?/m0/s1. The van der Waals surface area contributed by atoms with Crippen molar-refractivity contribution in [3.8, 4) is 12.1 Å². The molecular weight excluding hydrogens is 648 g/mol. The van der Waals surface area contributed by atoms with E-state index in [0.717, 1.165) is 44.2 Å². The summed E-state index contributed by atoms with van der Waals surface area (Å²) in [7, 11) is 0. The van der Waals surface area contributed by atoms with Gasteiger partial charge in [0.2, 0.25) is 5.90 Å². The van der Waals surface area contributed by atoms with Crippen LogP contribution in [-0.2, 0) is 9.53 Å². The summed E-state index contributed by atoms with van der Waals surface area (Å²) in [5.41, 5.74) is 1.70. The predicted molar refractivity (Wildman–Crippen MR) is 184 cm³/mol. The SMILES string of the molecule is C=C(F)C(=O)N1CCN(C2=C(CC#N)C(OCC34CCCN3CCC4)=NC3C(F)=C(c4cccc5cccc(Cl)c45)N=CC23)C[C@@H]1CC#N. The molecule has 9 nitrogen and oxygen atoms in total. The molecule has 0 spiro atoms. The Morgan fingerprint density at radius 3 is 2.57 bits per heavy atom. The quantitative estimate of drug-likeness (QED) is 0.316. The molecule has 5 heterocycles. The zero-order chi connectivity index (χ0) is 34.3. The number of piperazine rings is 1. The van der Waals surface area contributed by atoms with Crippen molar-refractivity contribution in [2.75, 3.05) is 39.3 Å². The van der Waals surface area contributed by atoms with Crippen LogP contribution in [-0.4, -0.2) is 89.7 Å². The number of fused-ring (bicyclic) bond motifs is 3. The molecule has 3 fully saturated rings. The lowest BCUT2D eigenvalue weighted by molar-refractivity contribution is -0.133. The van der Waals surface area contributed by atoms with Gasteiger partial charge in [0.05, 0.1) is 42.5 Å². The minimum atomic E-state index is -1.10. The van der Waals surface area contributed by atoms with Crippen molar-refractivity contribution in [1.29, 1.82) is 10.5 Å². The number of aliphatic imine (C=N–C) groups is 2. The summed E-state index contributed by atoms with van der Waals surface area (Å²) >= 11 is 6.64. The van der Waals surface area contributed by atoms with E-state index in [1.165, 1.54) is 4.90 Å². The van der Waals surface area contributed by atoms with Gasteiger partial charge in [0.25, 0.3) is 5.91 Å². The van der Waals surface area contributed by atoms with Crippen LogP contribution in [0.25, 0.3) is 16.5 Å². The molecule has 0 saturated carbocycles. The van der Waals surface area contributed by atoms with Gasteiger partial charge in [-0.3, -0.25) is 14.7 Å². The highest BCUT2D eigenvalue weighted by Crippen LogP contribution is 2.44. The molecule has 3 atom stereocenters. The maximum Gasteiger partial charge on any atom is 0.282 e. The van der Waals surface area contributed by atoms with Crippen LogP contribution < -0.4 is 0 Å². The molecule has 0 bridgehead atoms. The lowest BCUT2D eigenvalue weighted by Gasteiger charge is -2.46. The largest absolute Gasteiger partial charge is 0.476 e. The van der Waals surface area contributed by atoms with E-state index in [2.05, 4.69) is 28.6 Å². The smallest absolute Gasteiger partial charge is 0.282 e. The van der Waals surface area contributed by atoms with Crippen LogP contribution >= 0.6 is 11.6 Å². The number of halogens is 3. The Kier molecular flexibility index (Phi) is 8.99. The molecule has 0 aromatic heterocycles. The topological polar surface area (TPSA) is 108 Å². The molecule has 5 aliphatic heterocycles. The van der Waals surface area contributed by atoms with Crippen LogP contribution in [0.3, 0.4) is 0 Å². The van der Waals surface area contributed by atoms with Gasteiger partial charge in [-0.25, -0.2) is 13.8 Å². The van der Waals surface area contributed by atoms with Crippen LogP contribution in [0.15, 0.2) is 75.9 Å². The fourth-order valence-corrected chi connectivity index (χ4v) is 8.65. The summed E-state index contributed by atoms with van der Waals surface area (Å²) < 4.78 is 37.6. The van der Waals surface area contributed by atoms with E-state index in [4.69, 9.17) is 21.3 Å². The van der Waals surface area contributed by atoms with Crippen molar-refractivity contribution in [3.63, 3.8) is 0 Å². The molecule has 7 rings (SSSR count). The van der Waals surface area contributed by atoms with Crippen LogP contribution in [0.1, 0.15) is 44.1 Å². The number of hydrogen-bond donors (Lipinski definition) is 0. The Morgan fingerprint density at radius 1 is 1.10 bits per heavy atom. The molecule has 3 saturated heterocycles. The van der Waals surface area contributed by atoms with Crippen molar-refractivity contribution in [2.45, 2.75) is 56.1 Å². The van der Waals surface area contributed by atoms with Gasteiger partial charge in [0.1, 0.15) is 18.3 Å². The first-order valence-electron chi connectivity index (χ1n) is 16.7. The molecule has 0 N–H and O–H groups in total. The number of benzene rings is 2. The highest BCUT2D eigenvalue weighted by molar-refractivity contribution is 6.36. The lowest BCUT2D eigenvalue weighted by atomic mass is 9.84. The van der Waals surface area contributed by atoms with Gasteiger partial charge in [0.15, 0.2) is 11.7 Å². The number of carbonyl (C=O) groups excluding carboxylic acids is 1. The molecule has 12 heteroatoms. The average molecular weight is 684 g/mol. The van der Waals surface area contributed by atoms with Crippen LogP contribution in [0.2, 0.25) is 5.02 Å². The molecule has 0 radical (unpaired) electrons. The Balaban J connectivity index is 1.32. The maximum absolute atomic E-state index is 17.1. The highest BCUT2D eigenvalue weighted by Gasteiger charge is 2.47. The van der Waals surface area contributed by atoms with Crippen molar-refractivity contribution >= 4 is 46.1 Å². The monoisotopic (exact) mass is 683 g/mol. The second kappa shape index (κ2) is 13.4. The third-order valence-electron chi connectivity index (χ3n) is 10.6. The van der Waals surface area contributed by atoms with Crippen molar-refractivity contribution < 1.29 is 18.3 Å². The van der Waals surface area contributed by atoms with Crippen molar-refractivity contribution in [3.05, 3.63) is 76.5 Å². The maximum atomic E-state index is 17.1. The fourth-order valence-electron chi connectivity index (χ4n) is 8.37. The van der Waals surface area contributed by atoms with Gasteiger partial charge >= 0.3 is 0 Å². The summed E-state index contributed by atoms with van der Waals surface area (Å²) in [6.07, 6.45) is 5.71. The molecule has 2 aromatic carbocycles. The van der Waals surface area contributed by atoms with Crippen LogP contribution in [0, 0.1) is 28.6 Å². The predicted octanol–water partition coefficient (Wildman–Crippen LogP) is 6.34. The molecule has 5 aliphatic rings. The first-order chi connectivity index (χ1) is 23.8. The Hall–Kier alpha value is -4.58. The Morgan fingerprint density at radius 2 is 1.86 bits per heavy atom. The normalized spacial score (nSPS) is 24.8. The Bertz CT molecular complexity index is 1910. The number of rotatable bonds is 7. The molecule has 252 valence electrons. The second-order valence-electron chi connectivity index (χ2n) is 13.3. The first kappa shape index (κ1) is 32.9. The zero-order valence-corrected chi connectivity index (χ0v) is 27.8. The molecule has 2 aromatic rings. The minimum absolute atomic E-state index is 0.0470. The van der Waals surface area contributed by atoms with E-state index in [9.17, 15) is 19.7 Å². The van der Waals surface area contributed by atoms with Gasteiger partial charge < -0.3 is 14.5 Å².